The Balaban J connectivity index is 1.49. The monoisotopic (exact) mass is 389 g/mol. The van der Waals surface area contributed by atoms with E-state index in [0.29, 0.717) is 18.3 Å². The highest BCUT2D eigenvalue weighted by Gasteiger charge is 2.36. The van der Waals surface area contributed by atoms with E-state index in [1.54, 1.807) is 12.1 Å². The molecule has 1 amide bonds. The molecule has 1 aromatic heterocycles. The van der Waals surface area contributed by atoms with Crippen molar-refractivity contribution in [1.29, 1.82) is 0 Å². The number of aromatic nitrogens is 2. The Labute approximate surface area is 170 Å². The van der Waals surface area contributed by atoms with Crippen LogP contribution in [0.25, 0.3) is 5.69 Å². The molecular weight excluding hydrogens is 365 g/mol. The summed E-state index contributed by atoms with van der Waals surface area (Å²) in [5.41, 5.74) is 5.89. The van der Waals surface area contributed by atoms with E-state index in [1.807, 2.05) is 9.58 Å². The number of carbonyl (C=O) groups excluding carboxylic acids is 1. The second-order valence-corrected chi connectivity index (χ2v) is 8.17. The van der Waals surface area contributed by atoms with Crippen LogP contribution in [-0.4, -0.2) is 26.6 Å². The van der Waals surface area contributed by atoms with Crippen molar-refractivity contribution in [2.24, 2.45) is 0 Å². The lowest BCUT2D eigenvalue weighted by molar-refractivity contribution is 0.0722. The molecule has 5 heteroatoms. The first-order valence-electron chi connectivity index (χ1n) is 10.3. The molecule has 148 valence electrons. The summed E-state index contributed by atoms with van der Waals surface area (Å²) in [6.07, 6.45) is 4.90. The number of nitrogens with zero attached hydrogens (tertiary/aromatic N) is 3. The summed E-state index contributed by atoms with van der Waals surface area (Å²) in [5, 5.41) is 4.72. The summed E-state index contributed by atoms with van der Waals surface area (Å²) in [4.78, 5) is 15.5. The van der Waals surface area contributed by atoms with Gasteiger partial charge >= 0.3 is 0 Å². The van der Waals surface area contributed by atoms with Gasteiger partial charge in [0.05, 0.1) is 5.69 Å². The van der Waals surface area contributed by atoms with Crippen molar-refractivity contribution < 1.29 is 9.18 Å². The Morgan fingerprint density at radius 2 is 1.83 bits per heavy atom. The van der Waals surface area contributed by atoms with Gasteiger partial charge in [0.2, 0.25) is 0 Å². The zero-order valence-corrected chi connectivity index (χ0v) is 16.6. The first kappa shape index (κ1) is 18.1. The van der Waals surface area contributed by atoms with E-state index < -0.39 is 0 Å². The van der Waals surface area contributed by atoms with Gasteiger partial charge in [0, 0.05) is 23.8 Å². The third-order valence-electron chi connectivity index (χ3n) is 5.93. The van der Waals surface area contributed by atoms with E-state index in [0.717, 1.165) is 54.6 Å². The molecule has 0 radical (unpaired) electrons. The quantitative estimate of drug-likeness (QED) is 0.639. The maximum atomic E-state index is 13.5. The Kier molecular flexibility index (Phi) is 4.46. The summed E-state index contributed by atoms with van der Waals surface area (Å²) in [6, 6.07) is 15.0. The molecule has 0 unspecified atom stereocenters. The van der Waals surface area contributed by atoms with Gasteiger partial charge in [-0.15, -0.1) is 0 Å². The predicted octanol–water partition coefficient (Wildman–Crippen LogP) is 4.61. The van der Waals surface area contributed by atoms with Crippen LogP contribution in [0.3, 0.4) is 0 Å². The van der Waals surface area contributed by atoms with Gasteiger partial charge in [-0.3, -0.25) is 4.79 Å². The summed E-state index contributed by atoms with van der Waals surface area (Å²) < 4.78 is 15.2. The highest BCUT2D eigenvalue weighted by Crippen LogP contribution is 2.33. The lowest BCUT2D eigenvalue weighted by Crippen LogP contribution is -2.33. The van der Waals surface area contributed by atoms with Crippen LogP contribution >= 0.6 is 0 Å². The molecule has 0 atom stereocenters. The molecular formula is C24H24FN3O. The molecule has 3 aromatic rings. The molecule has 1 saturated carbocycles. The molecule has 5 rings (SSSR count). The predicted molar refractivity (Wildman–Crippen MR) is 110 cm³/mol. The smallest absolute Gasteiger partial charge is 0.275 e. The fourth-order valence-electron chi connectivity index (χ4n) is 4.18. The van der Waals surface area contributed by atoms with E-state index >= 15 is 0 Å². The highest BCUT2D eigenvalue weighted by atomic mass is 19.1. The topological polar surface area (TPSA) is 38.1 Å². The van der Waals surface area contributed by atoms with Crippen molar-refractivity contribution in [2.75, 3.05) is 0 Å². The normalized spacial score (nSPS) is 15.4. The number of amides is 1. The first-order valence-corrected chi connectivity index (χ1v) is 10.3. The maximum Gasteiger partial charge on any atom is 0.275 e. The number of rotatable bonds is 5. The minimum absolute atomic E-state index is 0.0205. The number of fused-ring (bicyclic) bond motifs is 1. The number of carbonyl (C=O) groups is 1. The molecule has 2 aromatic carbocycles. The molecule has 0 aliphatic heterocycles. The van der Waals surface area contributed by atoms with Crippen molar-refractivity contribution >= 4 is 5.91 Å². The van der Waals surface area contributed by atoms with Crippen LogP contribution in [-0.2, 0) is 19.4 Å². The molecule has 2 aliphatic carbocycles. The molecule has 1 fully saturated rings. The fraction of sp³-hybridized carbons (Fsp3) is 0.333. The minimum atomic E-state index is -0.271. The standard InChI is InChI=1S/C24H24FN3O/c1-16-5-7-17(8-6-16)15-27(19-13-14-19)24(29)23-21-3-2-4-22(21)28(26-23)20-11-9-18(25)10-12-20/h5-12,19H,2-4,13-15H2,1H3. The second-order valence-electron chi connectivity index (χ2n) is 8.17. The van der Waals surface area contributed by atoms with Crippen LogP contribution in [0.1, 0.15) is 52.1 Å². The lowest BCUT2D eigenvalue weighted by atomic mass is 10.1. The number of hydrogen-bond acceptors (Lipinski definition) is 2. The van der Waals surface area contributed by atoms with E-state index in [2.05, 4.69) is 31.2 Å². The summed E-state index contributed by atoms with van der Waals surface area (Å²) in [5.74, 6) is -0.251. The minimum Gasteiger partial charge on any atom is -0.330 e. The number of hydrogen-bond donors (Lipinski definition) is 0. The highest BCUT2D eigenvalue weighted by molar-refractivity contribution is 5.94. The van der Waals surface area contributed by atoms with Gasteiger partial charge < -0.3 is 4.90 Å². The van der Waals surface area contributed by atoms with Crippen molar-refractivity contribution in [3.05, 3.63) is 82.4 Å². The van der Waals surface area contributed by atoms with Crippen LogP contribution in [0.2, 0.25) is 0 Å². The average Bonchev–Trinajstić information content (AvgIpc) is 3.33. The van der Waals surface area contributed by atoms with E-state index in [1.165, 1.54) is 17.7 Å². The Morgan fingerprint density at radius 1 is 1.10 bits per heavy atom. The first-order chi connectivity index (χ1) is 14.1. The molecule has 4 nitrogen and oxygen atoms in total. The lowest BCUT2D eigenvalue weighted by Gasteiger charge is -2.22. The van der Waals surface area contributed by atoms with Crippen LogP contribution in [0.5, 0.6) is 0 Å². The zero-order chi connectivity index (χ0) is 20.0. The Bertz CT molecular complexity index is 1050. The van der Waals surface area contributed by atoms with E-state index in [9.17, 15) is 9.18 Å². The number of halogens is 1. The van der Waals surface area contributed by atoms with Crippen LogP contribution in [0, 0.1) is 12.7 Å². The van der Waals surface area contributed by atoms with Gasteiger partial charge in [-0.1, -0.05) is 29.8 Å². The SMILES string of the molecule is Cc1ccc(CN(C(=O)c2nn(-c3ccc(F)cc3)c3c2CCC3)C2CC2)cc1. The van der Waals surface area contributed by atoms with E-state index in [4.69, 9.17) is 5.10 Å². The van der Waals surface area contributed by atoms with Gasteiger partial charge in [0.15, 0.2) is 5.69 Å². The third-order valence-corrected chi connectivity index (χ3v) is 5.93. The van der Waals surface area contributed by atoms with Gasteiger partial charge in [-0.2, -0.15) is 5.10 Å². The largest absolute Gasteiger partial charge is 0.330 e. The molecule has 0 spiro atoms. The maximum absolute atomic E-state index is 13.5. The van der Waals surface area contributed by atoms with Crippen molar-refractivity contribution in [1.82, 2.24) is 14.7 Å². The zero-order valence-electron chi connectivity index (χ0n) is 16.6. The molecule has 2 aliphatic rings. The van der Waals surface area contributed by atoms with Crippen molar-refractivity contribution in [2.45, 2.75) is 51.6 Å². The Hall–Kier alpha value is -2.95. The molecule has 0 saturated heterocycles. The molecule has 1 heterocycles. The van der Waals surface area contributed by atoms with Crippen LogP contribution in [0.4, 0.5) is 4.39 Å². The van der Waals surface area contributed by atoms with Crippen LogP contribution in [0.15, 0.2) is 48.5 Å². The summed E-state index contributed by atoms with van der Waals surface area (Å²) in [7, 11) is 0. The van der Waals surface area contributed by atoms with Crippen LogP contribution < -0.4 is 0 Å². The van der Waals surface area contributed by atoms with Crippen molar-refractivity contribution in [3.63, 3.8) is 0 Å². The average molecular weight is 389 g/mol. The summed E-state index contributed by atoms with van der Waals surface area (Å²) in [6.45, 7) is 2.68. The van der Waals surface area contributed by atoms with Gasteiger partial charge in [0.25, 0.3) is 5.91 Å². The van der Waals surface area contributed by atoms with Crippen molar-refractivity contribution in [3.8, 4) is 5.69 Å². The summed E-state index contributed by atoms with van der Waals surface area (Å²) >= 11 is 0. The number of benzene rings is 2. The second kappa shape index (κ2) is 7.14. The third kappa shape index (κ3) is 3.46. The molecule has 0 bridgehead atoms. The molecule has 29 heavy (non-hydrogen) atoms. The molecule has 0 N–H and O–H groups in total. The van der Waals surface area contributed by atoms with Gasteiger partial charge in [0.1, 0.15) is 5.82 Å². The number of aryl methyl sites for hydroxylation is 1. The Morgan fingerprint density at radius 3 is 2.52 bits per heavy atom. The van der Waals surface area contributed by atoms with Gasteiger partial charge in [-0.05, 0) is 68.9 Å². The fourth-order valence-corrected chi connectivity index (χ4v) is 4.18. The van der Waals surface area contributed by atoms with E-state index in [-0.39, 0.29) is 11.7 Å². The van der Waals surface area contributed by atoms with Gasteiger partial charge in [-0.25, -0.2) is 9.07 Å².